The largest absolute Gasteiger partial charge is 0.457 e. The molecule has 0 saturated carbocycles. The quantitative estimate of drug-likeness (QED) is 0.820. The number of hydrogen-bond acceptors (Lipinski definition) is 3. The van der Waals surface area contributed by atoms with E-state index in [1.807, 2.05) is 61.7 Å². The van der Waals surface area contributed by atoms with Crippen LogP contribution in [0.3, 0.4) is 0 Å². The van der Waals surface area contributed by atoms with Crippen molar-refractivity contribution in [3.05, 3.63) is 48.5 Å². The Morgan fingerprint density at radius 2 is 1.60 bits per heavy atom. The Balaban J connectivity index is 2.00. The van der Waals surface area contributed by atoms with E-state index in [-0.39, 0.29) is 5.91 Å². The lowest BCUT2D eigenvalue weighted by molar-refractivity contribution is -0.115. The first-order chi connectivity index (χ1) is 9.71. The molecule has 4 heteroatoms. The Morgan fingerprint density at radius 1 is 1.05 bits per heavy atom. The van der Waals surface area contributed by atoms with Crippen LogP contribution in [0.25, 0.3) is 0 Å². The average molecular weight is 287 g/mol. The van der Waals surface area contributed by atoms with Gasteiger partial charge in [0.2, 0.25) is 5.91 Å². The third-order valence-corrected chi connectivity index (χ3v) is 3.50. The fourth-order valence-electron chi connectivity index (χ4n) is 1.64. The Hall–Kier alpha value is -1.94. The second kappa shape index (κ2) is 7.01. The van der Waals surface area contributed by atoms with E-state index in [4.69, 9.17) is 4.74 Å². The zero-order chi connectivity index (χ0) is 14.4. The zero-order valence-corrected chi connectivity index (χ0v) is 12.4. The number of amides is 1. The van der Waals surface area contributed by atoms with Crippen molar-refractivity contribution in [2.45, 2.75) is 18.2 Å². The summed E-state index contributed by atoms with van der Waals surface area (Å²) in [5, 5.41) is 2.80. The van der Waals surface area contributed by atoms with Crippen LogP contribution in [0.4, 0.5) is 5.69 Å². The number of carbonyl (C=O) groups is 1. The SMILES string of the molecule is CCC(=O)Nc1ccc(Oc2ccc(SC)cc2)cc1. The third kappa shape index (κ3) is 4.03. The van der Waals surface area contributed by atoms with Gasteiger partial charge in [-0.05, 0) is 54.8 Å². The van der Waals surface area contributed by atoms with Gasteiger partial charge in [-0.15, -0.1) is 11.8 Å². The van der Waals surface area contributed by atoms with Gasteiger partial charge in [0.25, 0.3) is 0 Å². The molecule has 0 bridgehead atoms. The first kappa shape index (κ1) is 14.5. The molecular weight excluding hydrogens is 270 g/mol. The van der Waals surface area contributed by atoms with Crippen LogP contribution >= 0.6 is 11.8 Å². The summed E-state index contributed by atoms with van der Waals surface area (Å²) in [6.07, 6.45) is 2.51. The molecule has 2 aromatic rings. The first-order valence-corrected chi connectivity index (χ1v) is 7.65. The van der Waals surface area contributed by atoms with Crippen molar-refractivity contribution in [3.8, 4) is 11.5 Å². The Labute approximate surface area is 123 Å². The lowest BCUT2D eigenvalue weighted by Gasteiger charge is -2.08. The van der Waals surface area contributed by atoms with Crippen LogP contribution in [-0.4, -0.2) is 12.2 Å². The van der Waals surface area contributed by atoms with Crippen LogP contribution in [0.2, 0.25) is 0 Å². The summed E-state index contributed by atoms with van der Waals surface area (Å²) in [4.78, 5) is 12.5. The van der Waals surface area contributed by atoms with E-state index in [1.54, 1.807) is 11.8 Å². The van der Waals surface area contributed by atoms with Crippen LogP contribution in [0.1, 0.15) is 13.3 Å². The fraction of sp³-hybridized carbons (Fsp3) is 0.188. The van der Waals surface area contributed by atoms with Gasteiger partial charge in [-0.2, -0.15) is 0 Å². The van der Waals surface area contributed by atoms with Crippen molar-refractivity contribution in [2.24, 2.45) is 0 Å². The predicted molar refractivity (Wildman–Crippen MR) is 83.7 cm³/mol. The van der Waals surface area contributed by atoms with Gasteiger partial charge < -0.3 is 10.1 Å². The molecule has 1 N–H and O–H groups in total. The number of carbonyl (C=O) groups excluding carboxylic acids is 1. The number of ether oxygens (including phenoxy) is 1. The highest BCUT2D eigenvalue weighted by atomic mass is 32.2. The summed E-state index contributed by atoms with van der Waals surface area (Å²) in [6.45, 7) is 1.82. The van der Waals surface area contributed by atoms with E-state index in [0.29, 0.717) is 6.42 Å². The molecule has 20 heavy (non-hydrogen) atoms. The number of nitrogens with one attached hydrogen (secondary N) is 1. The maximum Gasteiger partial charge on any atom is 0.224 e. The summed E-state index contributed by atoms with van der Waals surface area (Å²) < 4.78 is 5.74. The van der Waals surface area contributed by atoms with E-state index in [9.17, 15) is 4.79 Å². The Morgan fingerprint density at radius 3 is 2.10 bits per heavy atom. The van der Waals surface area contributed by atoms with Gasteiger partial charge in [0, 0.05) is 17.0 Å². The van der Waals surface area contributed by atoms with Crippen molar-refractivity contribution >= 4 is 23.4 Å². The zero-order valence-electron chi connectivity index (χ0n) is 11.6. The minimum Gasteiger partial charge on any atom is -0.457 e. The summed E-state index contributed by atoms with van der Waals surface area (Å²) in [5.74, 6) is 1.55. The van der Waals surface area contributed by atoms with E-state index in [1.165, 1.54) is 4.90 Å². The topological polar surface area (TPSA) is 38.3 Å². The highest BCUT2D eigenvalue weighted by Crippen LogP contribution is 2.25. The van der Waals surface area contributed by atoms with Gasteiger partial charge in [0.1, 0.15) is 11.5 Å². The third-order valence-electron chi connectivity index (χ3n) is 2.75. The van der Waals surface area contributed by atoms with Crippen LogP contribution in [0.15, 0.2) is 53.4 Å². The summed E-state index contributed by atoms with van der Waals surface area (Å²) in [5.41, 5.74) is 0.780. The number of hydrogen-bond donors (Lipinski definition) is 1. The number of thioether (sulfide) groups is 1. The van der Waals surface area contributed by atoms with E-state index >= 15 is 0 Å². The normalized spacial score (nSPS) is 10.1. The molecule has 1 amide bonds. The monoisotopic (exact) mass is 287 g/mol. The lowest BCUT2D eigenvalue weighted by atomic mass is 10.3. The average Bonchev–Trinajstić information content (AvgIpc) is 2.50. The molecule has 3 nitrogen and oxygen atoms in total. The molecule has 0 radical (unpaired) electrons. The van der Waals surface area contributed by atoms with Crippen molar-refractivity contribution in [3.63, 3.8) is 0 Å². The molecule has 0 fully saturated rings. The molecular formula is C16H17NO2S. The minimum absolute atomic E-state index is 0.00585. The molecule has 0 spiro atoms. The maximum absolute atomic E-state index is 11.3. The summed E-state index contributed by atoms with van der Waals surface area (Å²) in [7, 11) is 0. The molecule has 2 rings (SSSR count). The Kier molecular flexibility index (Phi) is 5.07. The second-order valence-electron chi connectivity index (χ2n) is 4.20. The predicted octanol–water partition coefficient (Wildman–Crippen LogP) is 4.55. The number of rotatable bonds is 5. The molecule has 0 unspecified atom stereocenters. The van der Waals surface area contributed by atoms with Crippen molar-refractivity contribution in [1.29, 1.82) is 0 Å². The van der Waals surface area contributed by atoms with Crippen molar-refractivity contribution in [2.75, 3.05) is 11.6 Å². The summed E-state index contributed by atoms with van der Waals surface area (Å²) in [6, 6.07) is 15.3. The van der Waals surface area contributed by atoms with Crippen LogP contribution in [0.5, 0.6) is 11.5 Å². The van der Waals surface area contributed by atoms with Gasteiger partial charge in [-0.25, -0.2) is 0 Å². The fourth-order valence-corrected chi connectivity index (χ4v) is 2.04. The molecule has 0 atom stereocenters. The maximum atomic E-state index is 11.3. The van der Waals surface area contributed by atoms with Gasteiger partial charge in [0.15, 0.2) is 0 Å². The van der Waals surface area contributed by atoms with Crippen LogP contribution in [0, 0.1) is 0 Å². The van der Waals surface area contributed by atoms with Gasteiger partial charge in [-0.3, -0.25) is 4.79 Å². The van der Waals surface area contributed by atoms with Crippen molar-refractivity contribution in [1.82, 2.24) is 0 Å². The van der Waals surface area contributed by atoms with Crippen LogP contribution in [-0.2, 0) is 4.79 Å². The number of anilines is 1. The first-order valence-electron chi connectivity index (χ1n) is 6.43. The second-order valence-corrected chi connectivity index (χ2v) is 5.08. The highest BCUT2D eigenvalue weighted by molar-refractivity contribution is 7.98. The summed E-state index contributed by atoms with van der Waals surface area (Å²) >= 11 is 1.70. The van der Waals surface area contributed by atoms with Crippen LogP contribution < -0.4 is 10.1 Å². The van der Waals surface area contributed by atoms with Gasteiger partial charge >= 0.3 is 0 Å². The molecule has 0 aromatic heterocycles. The molecule has 0 saturated heterocycles. The molecule has 104 valence electrons. The number of benzene rings is 2. The molecule has 0 aliphatic rings. The molecule has 0 aliphatic heterocycles. The van der Waals surface area contributed by atoms with E-state index < -0.39 is 0 Å². The van der Waals surface area contributed by atoms with Gasteiger partial charge in [-0.1, -0.05) is 6.92 Å². The molecule has 0 aliphatic carbocycles. The molecule has 0 heterocycles. The minimum atomic E-state index is 0.00585. The van der Waals surface area contributed by atoms with Gasteiger partial charge in [0.05, 0.1) is 0 Å². The standard InChI is InChI=1S/C16H17NO2S/c1-3-16(18)17-12-4-6-13(7-5-12)19-14-8-10-15(20-2)11-9-14/h4-11H,3H2,1-2H3,(H,17,18). The van der Waals surface area contributed by atoms with E-state index in [0.717, 1.165) is 17.2 Å². The van der Waals surface area contributed by atoms with E-state index in [2.05, 4.69) is 5.32 Å². The lowest BCUT2D eigenvalue weighted by Crippen LogP contribution is -2.08. The molecule has 2 aromatic carbocycles. The smallest absolute Gasteiger partial charge is 0.224 e. The highest BCUT2D eigenvalue weighted by Gasteiger charge is 2.01. The van der Waals surface area contributed by atoms with Crippen molar-refractivity contribution < 1.29 is 9.53 Å². The Bertz CT molecular complexity index is 564.